The standard InChI is InChI=1S/C28H42N2O2Si/c1-8-22-17-30-14-13-28(22,16-23(30)18-31)25-15-27(29-26-12-10-9-11-24(25)26)32-33(19(2)3,20(4)5)21(6)7/h8-12,15,19-23,31H,1,13-14,16-18H2,2-7H3. The molecule has 3 fully saturated rings. The van der Waals surface area contributed by atoms with E-state index in [1.165, 1.54) is 10.9 Å². The molecule has 5 rings (SSSR count). The van der Waals surface area contributed by atoms with E-state index in [4.69, 9.17) is 9.41 Å². The second kappa shape index (κ2) is 9.16. The van der Waals surface area contributed by atoms with Crippen LogP contribution in [0.3, 0.4) is 0 Å². The fourth-order valence-electron chi connectivity index (χ4n) is 7.26. The Morgan fingerprint density at radius 1 is 1.18 bits per heavy atom. The highest BCUT2D eigenvalue weighted by atomic mass is 28.4. The van der Waals surface area contributed by atoms with Crippen molar-refractivity contribution in [3.63, 3.8) is 0 Å². The quantitative estimate of drug-likeness (QED) is 0.366. The molecule has 4 nitrogen and oxygen atoms in total. The summed E-state index contributed by atoms with van der Waals surface area (Å²) >= 11 is 0. The normalized spacial score (nSPS) is 27.6. The van der Waals surface area contributed by atoms with Gasteiger partial charge in [-0.1, -0.05) is 65.8 Å². The van der Waals surface area contributed by atoms with Crippen LogP contribution < -0.4 is 4.43 Å². The van der Waals surface area contributed by atoms with Crippen LogP contribution >= 0.6 is 0 Å². The third-order valence-electron chi connectivity index (χ3n) is 8.82. The third-order valence-corrected chi connectivity index (χ3v) is 14.8. The Hall–Kier alpha value is -1.69. The van der Waals surface area contributed by atoms with E-state index in [9.17, 15) is 5.11 Å². The number of benzene rings is 1. The number of para-hydroxylation sites is 1. The molecule has 180 valence electrons. The molecule has 3 aliphatic heterocycles. The number of aromatic nitrogens is 1. The number of nitrogens with zero attached hydrogens (tertiary/aromatic N) is 2. The lowest BCUT2D eigenvalue weighted by molar-refractivity contribution is -0.0269. The molecule has 2 aromatic rings. The van der Waals surface area contributed by atoms with Crippen LogP contribution in [-0.2, 0) is 5.41 Å². The van der Waals surface area contributed by atoms with E-state index in [1.54, 1.807) is 0 Å². The van der Waals surface area contributed by atoms with Gasteiger partial charge in [0.1, 0.15) is 0 Å². The molecule has 1 aromatic heterocycles. The minimum atomic E-state index is -2.13. The highest BCUT2D eigenvalue weighted by molar-refractivity contribution is 6.78. The predicted molar refractivity (Wildman–Crippen MR) is 140 cm³/mol. The first-order chi connectivity index (χ1) is 15.7. The Labute approximate surface area is 201 Å². The molecule has 2 bridgehead atoms. The van der Waals surface area contributed by atoms with Gasteiger partial charge in [0.05, 0.1) is 12.1 Å². The highest BCUT2D eigenvalue weighted by Crippen LogP contribution is 2.52. The van der Waals surface area contributed by atoms with E-state index >= 15 is 0 Å². The second-order valence-corrected chi connectivity index (χ2v) is 16.6. The maximum Gasteiger partial charge on any atom is 0.260 e. The number of piperidine rings is 3. The molecular weight excluding hydrogens is 424 g/mol. The number of fused-ring (bicyclic) bond motifs is 4. The molecule has 4 heterocycles. The van der Waals surface area contributed by atoms with Gasteiger partial charge < -0.3 is 9.53 Å². The van der Waals surface area contributed by atoms with Gasteiger partial charge in [-0.2, -0.15) is 0 Å². The third kappa shape index (κ3) is 3.86. The molecule has 3 aliphatic rings. The van der Waals surface area contributed by atoms with Gasteiger partial charge in [-0.25, -0.2) is 4.98 Å². The lowest BCUT2D eigenvalue weighted by Crippen LogP contribution is -2.61. The van der Waals surface area contributed by atoms with E-state index in [2.05, 4.69) is 89.4 Å². The van der Waals surface area contributed by atoms with Crippen molar-refractivity contribution in [1.29, 1.82) is 0 Å². The van der Waals surface area contributed by atoms with Crippen LogP contribution in [0.25, 0.3) is 10.9 Å². The molecule has 3 saturated heterocycles. The maximum absolute atomic E-state index is 10.1. The van der Waals surface area contributed by atoms with Crippen LogP contribution in [0.2, 0.25) is 16.6 Å². The molecule has 0 amide bonds. The van der Waals surface area contributed by atoms with Crippen LogP contribution in [0.4, 0.5) is 0 Å². The molecule has 4 atom stereocenters. The van der Waals surface area contributed by atoms with Crippen LogP contribution in [-0.4, -0.2) is 49.0 Å². The minimum absolute atomic E-state index is 0.0394. The van der Waals surface area contributed by atoms with Crippen molar-refractivity contribution in [2.24, 2.45) is 5.92 Å². The molecule has 0 aliphatic carbocycles. The number of rotatable bonds is 8. The van der Waals surface area contributed by atoms with Gasteiger partial charge in [0.15, 0.2) is 5.88 Å². The monoisotopic (exact) mass is 466 g/mol. The smallest absolute Gasteiger partial charge is 0.260 e. The Kier molecular flexibility index (Phi) is 6.78. The number of pyridine rings is 1. The van der Waals surface area contributed by atoms with Gasteiger partial charge in [0, 0.05) is 29.5 Å². The average Bonchev–Trinajstić information content (AvgIpc) is 2.81. The Bertz CT molecular complexity index is 983. The summed E-state index contributed by atoms with van der Waals surface area (Å²) in [5, 5.41) is 11.4. The SMILES string of the molecule is C=CC1CN2CCC1(c1cc(O[Si](C(C)C)(C(C)C)C(C)C)nc3ccccc13)CC2CO. The Morgan fingerprint density at radius 3 is 2.45 bits per heavy atom. The largest absolute Gasteiger partial charge is 0.530 e. The van der Waals surface area contributed by atoms with E-state index in [0.29, 0.717) is 22.5 Å². The fraction of sp³-hybridized carbons (Fsp3) is 0.607. The number of aliphatic hydroxyl groups excluding tert-OH is 1. The molecule has 0 spiro atoms. The van der Waals surface area contributed by atoms with E-state index in [-0.39, 0.29) is 18.1 Å². The first-order valence-electron chi connectivity index (χ1n) is 12.8. The summed E-state index contributed by atoms with van der Waals surface area (Å²) in [6, 6.07) is 11.0. The van der Waals surface area contributed by atoms with Crippen molar-refractivity contribution in [1.82, 2.24) is 9.88 Å². The van der Waals surface area contributed by atoms with Gasteiger partial charge in [-0.05, 0) is 53.6 Å². The molecule has 4 unspecified atom stereocenters. The topological polar surface area (TPSA) is 45.6 Å². The Morgan fingerprint density at radius 2 is 1.85 bits per heavy atom. The average molecular weight is 467 g/mol. The molecular formula is C28H42N2O2Si. The van der Waals surface area contributed by atoms with Gasteiger partial charge in [-0.3, -0.25) is 4.90 Å². The first-order valence-corrected chi connectivity index (χ1v) is 14.9. The van der Waals surface area contributed by atoms with Crippen molar-refractivity contribution in [2.45, 2.75) is 82.5 Å². The van der Waals surface area contributed by atoms with Crippen LogP contribution in [0.15, 0.2) is 43.0 Å². The zero-order valence-electron chi connectivity index (χ0n) is 21.3. The van der Waals surface area contributed by atoms with E-state index in [1.807, 2.05) is 0 Å². The maximum atomic E-state index is 10.1. The van der Waals surface area contributed by atoms with E-state index < -0.39 is 8.32 Å². The highest BCUT2D eigenvalue weighted by Gasteiger charge is 2.52. The lowest BCUT2D eigenvalue weighted by atomic mass is 9.59. The molecule has 5 heteroatoms. The summed E-state index contributed by atoms with van der Waals surface area (Å²) in [4.78, 5) is 7.51. The second-order valence-electron chi connectivity index (χ2n) is 11.2. The molecule has 1 N–H and O–H groups in total. The van der Waals surface area contributed by atoms with Crippen molar-refractivity contribution >= 4 is 19.2 Å². The number of aliphatic hydroxyl groups is 1. The summed E-state index contributed by atoms with van der Waals surface area (Å²) in [7, 11) is -2.13. The Balaban J connectivity index is 1.90. The van der Waals surface area contributed by atoms with Gasteiger partial charge in [0.2, 0.25) is 0 Å². The molecule has 0 saturated carbocycles. The molecule has 0 radical (unpaired) electrons. The van der Waals surface area contributed by atoms with Gasteiger partial charge >= 0.3 is 0 Å². The number of hydrogen-bond donors (Lipinski definition) is 1. The van der Waals surface area contributed by atoms with E-state index in [0.717, 1.165) is 37.3 Å². The van der Waals surface area contributed by atoms with Crippen molar-refractivity contribution in [2.75, 3.05) is 19.7 Å². The van der Waals surface area contributed by atoms with Crippen molar-refractivity contribution in [3.8, 4) is 5.88 Å². The minimum Gasteiger partial charge on any atom is -0.530 e. The first kappa shape index (κ1) is 24.4. The lowest BCUT2D eigenvalue weighted by Gasteiger charge is -2.57. The molecule has 33 heavy (non-hydrogen) atoms. The zero-order valence-corrected chi connectivity index (χ0v) is 22.3. The van der Waals surface area contributed by atoms with Crippen molar-refractivity contribution in [3.05, 3.63) is 48.6 Å². The number of hydrogen-bond acceptors (Lipinski definition) is 4. The molecule has 1 aromatic carbocycles. The summed E-state index contributed by atoms with van der Waals surface area (Å²) < 4.78 is 7.09. The van der Waals surface area contributed by atoms with Crippen LogP contribution in [0, 0.1) is 5.92 Å². The zero-order chi connectivity index (χ0) is 24.0. The van der Waals surface area contributed by atoms with Crippen LogP contribution in [0.1, 0.15) is 59.9 Å². The van der Waals surface area contributed by atoms with Crippen molar-refractivity contribution < 1.29 is 9.53 Å². The van der Waals surface area contributed by atoms with Gasteiger partial charge in [0.25, 0.3) is 8.32 Å². The summed E-state index contributed by atoms with van der Waals surface area (Å²) in [6.07, 6.45) is 4.17. The summed E-state index contributed by atoms with van der Waals surface area (Å²) in [5.74, 6) is 1.15. The summed E-state index contributed by atoms with van der Waals surface area (Å²) in [5.41, 5.74) is 3.78. The van der Waals surface area contributed by atoms with Crippen LogP contribution in [0.5, 0.6) is 5.88 Å². The predicted octanol–water partition coefficient (Wildman–Crippen LogP) is 6.30. The summed E-state index contributed by atoms with van der Waals surface area (Å²) in [6.45, 7) is 20.4. The fourth-order valence-corrected chi connectivity index (χ4v) is 12.4. The van der Waals surface area contributed by atoms with Gasteiger partial charge in [-0.15, -0.1) is 6.58 Å².